The number of alkyl halides is 2. The Morgan fingerprint density at radius 3 is 2.61 bits per heavy atom. The highest BCUT2D eigenvalue weighted by molar-refractivity contribution is 6.03. The Balaban J connectivity index is 1.68. The summed E-state index contributed by atoms with van der Waals surface area (Å²) in [5.41, 5.74) is -0.0906. The first-order valence-electron chi connectivity index (χ1n) is 9.13. The third-order valence-corrected chi connectivity index (χ3v) is 5.47. The lowest BCUT2D eigenvalue weighted by Crippen LogP contribution is -2.41. The van der Waals surface area contributed by atoms with Crippen LogP contribution in [0.4, 0.5) is 8.78 Å². The summed E-state index contributed by atoms with van der Waals surface area (Å²) >= 11 is 0. The number of benzene rings is 1. The van der Waals surface area contributed by atoms with E-state index >= 15 is 0 Å². The van der Waals surface area contributed by atoms with Crippen LogP contribution in [0, 0.1) is 22.2 Å². The number of nitriles is 1. The Labute approximate surface area is 162 Å². The van der Waals surface area contributed by atoms with E-state index in [4.69, 9.17) is 0 Å². The first kappa shape index (κ1) is 20.0. The summed E-state index contributed by atoms with van der Waals surface area (Å²) in [6.45, 7) is 1.83. The second kappa shape index (κ2) is 7.34. The average Bonchev–Trinajstić information content (AvgIpc) is 3.02. The molecule has 1 fully saturated rings. The number of halogens is 2. The summed E-state index contributed by atoms with van der Waals surface area (Å²) in [6, 6.07) is 8.02. The van der Waals surface area contributed by atoms with Crippen molar-refractivity contribution in [2.45, 2.75) is 39.7 Å². The van der Waals surface area contributed by atoms with Crippen LogP contribution in [0.3, 0.4) is 0 Å². The SMILES string of the molecule is CC1(C)C[C@]2(C=C(C#N)C1=O)CCN(C(=O)Cc1ccc(OC(F)F)cc1)C2. The zero-order valence-electron chi connectivity index (χ0n) is 15.9. The van der Waals surface area contributed by atoms with Crippen molar-refractivity contribution < 1.29 is 23.1 Å². The molecule has 1 atom stereocenters. The number of ketones is 1. The van der Waals surface area contributed by atoms with Crippen LogP contribution in [0.5, 0.6) is 5.75 Å². The number of Topliss-reactive ketones (excluding diaryl/α,β-unsaturated/α-hetero) is 1. The maximum atomic E-state index is 12.7. The number of ether oxygens (including phenoxy) is 1. The van der Waals surface area contributed by atoms with E-state index in [1.165, 1.54) is 12.1 Å². The second-order valence-corrected chi connectivity index (χ2v) is 8.19. The van der Waals surface area contributed by atoms with Gasteiger partial charge in [0.2, 0.25) is 5.91 Å². The minimum absolute atomic E-state index is 0.0506. The number of hydrogen-bond donors (Lipinski definition) is 0. The van der Waals surface area contributed by atoms with Gasteiger partial charge in [-0.15, -0.1) is 0 Å². The summed E-state index contributed by atoms with van der Waals surface area (Å²) in [5, 5.41) is 9.31. The van der Waals surface area contributed by atoms with Crippen molar-refractivity contribution in [1.82, 2.24) is 4.90 Å². The first-order valence-corrected chi connectivity index (χ1v) is 9.13. The summed E-state index contributed by atoms with van der Waals surface area (Å²) < 4.78 is 28.7. The smallest absolute Gasteiger partial charge is 0.387 e. The number of allylic oxidation sites excluding steroid dienone is 1. The van der Waals surface area contributed by atoms with Gasteiger partial charge in [-0.2, -0.15) is 14.0 Å². The fourth-order valence-corrected chi connectivity index (χ4v) is 4.28. The van der Waals surface area contributed by atoms with Gasteiger partial charge in [-0.3, -0.25) is 9.59 Å². The topological polar surface area (TPSA) is 70.4 Å². The van der Waals surface area contributed by atoms with Gasteiger partial charge in [-0.05, 0) is 30.5 Å². The van der Waals surface area contributed by atoms with E-state index in [1.807, 2.05) is 19.9 Å². The van der Waals surface area contributed by atoms with E-state index in [0.29, 0.717) is 31.5 Å². The molecule has 1 aromatic carbocycles. The number of carbonyl (C=O) groups is 2. The summed E-state index contributed by atoms with van der Waals surface area (Å²) in [6.07, 6.45) is 3.22. The predicted molar refractivity (Wildman–Crippen MR) is 97.5 cm³/mol. The highest BCUT2D eigenvalue weighted by Crippen LogP contribution is 2.47. The van der Waals surface area contributed by atoms with Gasteiger partial charge in [0.1, 0.15) is 11.8 Å². The molecule has 1 aromatic rings. The fourth-order valence-electron chi connectivity index (χ4n) is 4.28. The second-order valence-electron chi connectivity index (χ2n) is 8.19. The molecule has 1 saturated heterocycles. The van der Waals surface area contributed by atoms with Gasteiger partial charge in [0, 0.05) is 23.9 Å². The number of hydrogen-bond acceptors (Lipinski definition) is 4. The first-order chi connectivity index (χ1) is 13.1. The monoisotopic (exact) mass is 388 g/mol. The zero-order chi connectivity index (χ0) is 20.5. The molecule has 7 heteroatoms. The molecule has 5 nitrogen and oxygen atoms in total. The summed E-state index contributed by atoms with van der Waals surface area (Å²) in [4.78, 5) is 26.8. The molecule has 1 spiro atoms. The molecule has 3 rings (SSSR count). The minimum Gasteiger partial charge on any atom is -0.435 e. The lowest BCUT2D eigenvalue weighted by atomic mass is 9.64. The van der Waals surface area contributed by atoms with Gasteiger partial charge >= 0.3 is 6.61 Å². The molecule has 2 aliphatic rings. The molecule has 28 heavy (non-hydrogen) atoms. The van der Waals surface area contributed by atoms with Gasteiger partial charge in [0.15, 0.2) is 5.78 Å². The van der Waals surface area contributed by atoms with Crippen LogP contribution in [-0.2, 0) is 16.0 Å². The van der Waals surface area contributed by atoms with Gasteiger partial charge in [0.25, 0.3) is 0 Å². The Morgan fingerprint density at radius 1 is 1.32 bits per heavy atom. The van der Waals surface area contributed by atoms with Crippen LogP contribution in [-0.4, -0.2) is 36.3 Å². The normalized spacial score (nSPS) is 23.6. The third-order valence-electron chi connectivity index (χ3n) is 5.47. The minimum atomic E-state index is -2.88. The molecule has 0 saturated carbocycles. The van der Waals surface area contributed by atoms with E-state index in [9.17, 15) is 23.6 Å². The Kier molecular flexibility index (Phi) is 5.24. The fraction of sp³-hybridized carbons (Fsp3) is 0.476. The van der Waals surface area contributed by atoms with Crippen molar-refractivity contribution in [3.63, 3.8) is 0 Å². The number of rotatable bonds is 4. The quantitative estimate of drug-likeness (QED) is 0.792. The van der Waals surface area contributed by atoms with Crippen LogP contribution in [0.15, 0.2) is 35.9 Å². The maximum absolute atomic E-state index is 12.7. The zero-order valence-corrected chi connectivity index (χ0v) is 15.9. The van der Waals surface area contributed by atoms with E-state index in [1.54, 1.807) is 23.1 Å². The molecule has 1 aliphatic carbocycles. The van der Waals surface area contributed by atoms with E-state index in [-0.39, 0.29) is 34.8 Å². The largest absolute Gasteiger partial charge is 0.435 e. The number of nitrogens with zero attached hydrogens (tertiary/aromatic N) is 2. The van der Waals surface area contributed by atoms with Crippen LogP contribution in [0.2, 0.25) is 0 Å². The summed E-state index contributed by atoms with van der Waals surface area (Å²) in [7, 11) is 0. The van der Waals surface area contributed by atoms with Crippen molar-refractivity contribution >= 4 is 11.7 Å². The Hall–Kier alpha value is -2.75. The summed E-state index contributed by atoms with van der Waals surface area (Å²) in [5.74, 6) is -0.160. The molecule has 1 aliphatic heterocycles. The third kappa shape index (κ3) is 4.06. The van der Waals surface area contributed by atoms with Crippen LogP contribution in [0.25, 0.3) is 0 Å². The van der Waals surface area contributed by atoms with Crippen molar-refractivity contribution in [3.8, 4) is 11.8 Å². The van der Waals surface area contributed by atoms with E-state index in [2.05, 4.69) is 4.74 Å². The van der Waals surface area contributed by atoms with Gasteiger partial charge in [0.05, 0.1) is 12.0 Å². The molecular weight excluding hydrogens is 366 g/mol. The molecule has 0 N–H and O–H groups in total. The van der Waals surface area contributed by atoms with Gasteiger partial charge in [-0.25, -0.2) is 0 Å². The van der Waals surface area contributed by atoms with E-state index in [0.717, 1.165) is 0 Å². The van der Waals surface area contributed by atoms with Crippen molar-refractivity contribution in [1.29, 1.82) is 5.26 Å². The number of likely N-dealkylation sites (tertiary alicyclic amines) is 1. The maximum Gasteiger partial charge on any atom is 0.387 e. The van der Waals surface area contributed by atoms with Gasteiger partial charge in [-0.1, -0.05) is 32.1 Å². The molecule has 1 heterocycles. The molecular formula is C21H22F2N2O3. The standard InChI is InChI=1S/C21H22F2N2O3/c1-20(2)12-21(10-15(11-24)18(20)27)7-8-25(13-21)17(26)9-14-3-5-16(6-4-14)28-19(22)23/h3-6,10,19H,7-9,12-13H2,1-2H3/t21-/m1/s1. The lowest BCUT2D eigenvalue weighted by Gasteiger charge is -2.38. The molecule has 148 valence electrons. The average molecular weight is 388 g/mol. The molecule has 0 aromatic heterocycles. The van der Waals surface area contributed by atoms with Crippen molar-refractivity contribution in [2.75, 3.05) is 13.1 Å². The molecule has 0 unspecified atom stereocenters. The number of amides is 1. The van der Waals surface area contributed by atoms with Crippen LogP contribution < -0.4 is 4.74 Å². The Bertz CT molecular complexity index is 855. The molecule has 0 bridgehead atoms. The van der Waals surface area contributed by atoms with E-state index < -0.39 is 12.0 Å². The predicted octanol–water partition coefficient (Wildman–Crippen LogP) is 3.50. The molecule has 1 amide bonds. The Morgan fingerprint density at radius 2 is 2.00 bits per heavy atom. The van der Waals surface area contributed by atoms with Crippen LogP contribution in [0.1, 0.15) is 32.3 Å². The highest BCUT2D eigenvalue weighted by Gasteiger charge is 2.48. The molecule has 0 radical (unpaired) electrons. The van der Waals surface area contributed by atoms with Crippen molar-refractivity contribution in [2.24, 2.45) is 10.8 Å². The lowest BCUT2D eigenvalue weighted by molar-refractivity contribution is -0.129. The van der Waals surface area contributed by atoms with Crippen molar-refractivity contribution in [3.05, 3.63) is 41.5 Å². The highest BCUT2D eigenvalue weighted by atomic mass is 19.3. The van der Waals surface area contributed by atoms with Crippen LogP contribution >= 0.6 is 0 Å². The number of carbonyl (C=O) groups excluding carboxylic acids is 2. The van der Waals surface area contributed by atoms with Gasteiger partial charge < -0.3 is 9.64 Å².